The molecule has 2 heteroatoms. The summed E-state index contributed by atoms with van der Waals surface area (Å²) in [4.78, 5) is 0. The Morgan fingerprint density at radius 2 is 0.541 bits per heavy atom. The molecule has 0 radical (unpaired) electrons. The van der Waals surface area contributed by atoms with Crippen LogP contribution in [0.2, 0.25) is 0 Å². The Hall–Kier alpha value is -12.6. The predicted molar refractivity (Wildman–Crippen MR) is 405 cm³/mol. The second-order valence-corrected chi connectivity index (χ2v) is 27.6. The number of hydrogen-bond donors (Lipinski definition) is 0. The van der Waals surface area contributed by atoms with Crippen LogP contribution in [0.25, 0.3) is 176 Å². The lowest BCUT2D eigenvalue weighted by molar-refractivity contribution is 0.666. The van der Waals surface area contributed by atoms with Crippen LogP contribution in [0, 0.1) is 0 Å². The highest BCUT2D eigenvalue weighted by Crippen LogP contribution is 2.66. The number of hydrogen-bond acceptors (Lipinski definition) is 2. The maximum atomic E-state index is 7.01. The van der Waals surface area contributed by atoms with Crippen LogP contribution in [0.4, 0.5) is 0 Å². The van der Waals surface area contributed by atoms with Gasteiger partial charge in [-0.3, -0.25) is 0 Å². The summed E-state index contributed by atoms with van der Waals surface area (Å²) in [7, 11) is 0. The van der Waals surface area contributed by atoms with Gasteiger partial charge in [-0.05, 0) is 243 Å². The molecular formula is C96H54O2. The summed E-state index contributed by atoms with van der Waals surface area (Å²) in [5.41, 5.74) is 32.8. The third kappa shape index (κ3) is 6.76. The fourth-order valence-electron chi connectivity index (χ4n) is 18.9. The predicted octanol–water partition coefficient (Wildman–Crippen LogP) is 25.5. The molecule has 2 spiro atoms. The van der Waals surface area contributed by atoms with Crippen molar-refractivity contribution in [3.8, 4) is 89.0 Å². The Kier molecular flexibility index (Phi) is 10.3. The molecular weight excluding hydrogens is 1190 g/mol. The zero-order valence-corrected chi connectivity index (χ0v) is 53.0. The van der Waals surface area contributed by atoms with E-state index in [2.05, 4.69) is 328 Å². The van der Waals surface area contributed by atoms with Gasteiger partial charge in [-0.1, -0.05) is 261 Å². The van der Waals surface area contributed by atoms with Crippen molar-refractivity contribution in [3.63, 3.8) is 0 Å². The second-order valence-electron chi connectivity index (χ2n) is 27.6. The van der Waals surface area contributed by atoms with Crippen molar-refractivity contribution in [3.05, 3.63) is 372 Å². The molecule has 1 atom stereocenters. The van der Waals surface area contributed by atoms with Gasteiger partial charge >= 0.3 is 0 Å². The smallest absolute Gasteiger partial charge is 0.136 e. The van der Waals surface area contributed by atoms with Crippen LogP contribution in [0.3, 0.4) is 0 Å². The molecule has 23 rings (SSSR count). The Balaban J connectivity index is 0.621. The normalized spacial score (nSPS) is 14.9. The van der Waals surface area contributed by atoms with Gasteiger partial charge in [0.2, 0.25) is 0 Å². The van der Waals surface area contributed by atoms with Gasteiger partial charge in [-0.15, -0.1) is 0 Å². The molecule has 2 aromatic heterocycles. The first-order chi connectivity index (χ1) is 48.5. The van der Waals surface area contributed by atoms with Crippen LogP contribution in [-0.2, 0) is 10.8 Å². The first-order valence-electron chi connectivity index (χ1n) is 34.2. The largest absolute Gasteiger partial charge is 0.456 e. The minimum absolute atomic E-state index is 0.428. The van der Waals surface area contributed by atoms with Crippen molar-refractivity contribution in [2.45, 2.75) is 10.8 Å². The molecule has 0 saturated heterocycles. The Bertz CT molecular complexity index is 6740. The molecule has 0 fully saturated rings. The molecule has 0 aliphatic heterocycles. The monoisotopic (exact) mass is 1240 g/mol. The molecule has 0 saturated carbocycles. The van der Waals surface area contributed by atoms with E-state index in [0.717, 1.165) is 55.0 Å². The van der Waals surface area contributed by atoms with Gasteiger partial charge < -0.3 is 8.83 Å². The van der Waals surface area contributed by atoms with E-state index in [4.69, 9.17) is 8.83 Å². The van der Waals surface area contributed by atoms with E-state index in [9.17, 15) is 0 Å². The summed E-state index contributed by atoms with van der Waals surface area (Å²) >= 11 is 0. The first-order valence-corrected chi connectivity index (χ1v) is 34.2. The van der Waals surface area contributed by atoms with Crippen LogP contribution in [-0.4, -0.2) is 0 Å². The molecule has 17 aromatic carbocycles. The number of rotatable bonds is 4. The van der Waals surface area contributed by atoms with Gasteiger partial charge in [0, 0.05) is 21.5 Å². The molecule has 2 heterocycles. The molecule has 4 aliphatic rings. The van der Waals surface area contributed by atoms with Crippen molar-refractivity contribution in [2.24, 2.45) is 0 Å². The zero-order valence-electron chi connectivity index (χ0n) is 53.0. The van der Waals surface area contributed by atoms with Crippen molar-refractivity contribution in [2.75, 3.05) is 0 Å². The minimum Gasteiger partial charge on any atom is -0.456 e. The summed E-state index contributed by atoms with van der Waals surface area (Å²) in [6, 6.07) is 123. The van der Waals surface area contributed by atoms with Gasteiger partial charge in [0.25, 0.3) is 0 Å². The highest BCUT2D eigenvalue weighted by molar-refractivity contribution is 6.26. The van der Waals surface area contributed by atoms with Crippen LogP contribution in [0.15, 0.2) is 336 Å². The maximum Gasteiger partial charge on any atom is 0.136 e. The van der Waals surface area contributed by atoms with Crippen molar-refractivity contribution in [1.29, 1.82) is 0 Å². The van der Waals surface area contributed by atoms with E-state index in [-0.39, 0.29) is 0 Å². The molecule has 98 heavy (non-hydrogen) atoms. The minimum atomic E-state index is -0.548. The third-order valence-corrected chi connectivity index (χ3v) is 23.1. The Morgan fingerprint density at radius 3 is 1.13 bits per heavy atom. The zero-order chi connectivity index (χ0) is 63.7. The van der Waals surface area contributed by atoms with E-state index in [0.29, 0.717) is 0 Å². The molecule has 0 N–H and O–H groups in total. The van der Waals surface area contributed by atoms with E-state index in [1.165, 1.54) is 165 Å². The van der Waals surface area contributed by atoms with Gasteiger partial charge in [0.05, 0.1) is 10.8 Å². The average molecular weight is 1240 g/mol. The molecule has 0 amide bonds. The van der Waals surface area contributed by atoms with Crippen LogP contribution >= 0.6 is 0 Å². The second kappa shape index (κ2) is 19.1. The van der Waals surface area contributed by atoms with E-state index < -0.39 is 10.8 Å². The molecule has 1 unspecified atom stereocenters. The highest BCUT2D eigenvalue weighted by Gasteiger charge is 2.53. The topological polar surface area (TPSA) is 26.3 Å². The molecule has 450 valence electrons. The van der Waals surface area contributed by atoms with E-state index in [1.807, 2.05) is 0 Å². The van der Waals surface area contributed by atoms with Gasteiger partial charge in [0.1, 0.15) is 22.3 Å². The number of fused-ring (bicyclic) bond motifs is 33. The van der Waals surface area contributed by atoms with Crippen molar-refractivity contribution in [1.82, 2.24) is 0 Å². The number of benzene rings is 17. The molecule has 2 nitrogen and oxygen atoms in total. The summed E-state index contributed by atoms with van der Waals surface area (Å²) in [6.07, 6.45) is 0. The fourth-order valence-corrected chi connectivity index (χ4v) is 18.9. The lowest BCUT2D eigenvalue weighted by atomic mass is 9.70. The van der Waals surface area contributed by atoms with Gasteiger partial charge in [0.15, 0.2) is 0 Å². The average Bonchev–Trinajstić information content (AvgIpc) is 1.51. The van der Waals surface area contributed by atoms with Crippen molar-refractivity contribution >= 4 is 87.0 Å². The standard InChI is InChI=1S/C96H54O2/c1-2-17-58-46-59(37-34-55(58)16-1)56-32-35-57(36-33-56)64-25-15-31-91-94(64)81-52-78-73-24-9-14-30-86(73)96(89(78)54-93(81)98-91)84-28-12-7-22-71(84)76-49-62(40-44-87(76)96)60-38-42-67-68-43-39-61(48-75(68)66-19-4-3-18-65(66)74(67)47-60)63-41-45-90-79(50-63)80-51-77-72-23-8-13-29-85(72)95(88(77)53-92(80)97-90)82-26-10-5-20-69(82)70-21-6-11-27-83(70)95/h1-54H. The highest BCUT2D eigenvalue weighted by atomic mass is 16.3. The number of furan rings is 2. The van der Waals surface area contributed by atoms with Crippen molar-refractivity contribution < 1.29 is 8.83 Å². The van der Waals surface area contributed by atoms with E-state index in [1.54, 1.807) is 0 Å². The lowest BCUT2D eigenvalue weighted by Gasteiger charge is -2.30. The SMILES string of the molecule is c1ccc2c(c1)-c1ccccc1C21c2ccccc2-c2cc3c(cc21)oc1ccc(-c2ccc4c5ccc(-c6ccc7c(c6)-c6ccccc6C76c7ccccc7-c7cc8c(cc76)oc6cccc(-c7ccc(-c9ccc%10ccccc%10c9)cc7)c68)cc5c5ccccc5c4c2)cc13. The van der Waals surface area contributed by atoms with Gasteiger partial charge in [-0.25, -0.2) is 0 Å². The maximum absolute atomic E-state index is 7.01. The molecule has 4 aliphatic carbocycles. The summed E-state index contributed by atoms with van der Waals surface area (Å²) < 4.78 is 13.9. The summed E-state index contributed by atoms with van der Waals surface area (Å²) in [6.45, 7) is 0. The Morgan fingerprint density at radius 1 is 0.163 bits per heavy atom. The molecule has 0 bridgehead atoms. The van der Waals surface area contributed by atoms with Crippen LogP contribution < -0.4 is 0 Å². The summed E-state index contributed by atoms with van der Waals surface area (Å²) in [5, 5.41) is 14.5. The fraction of sp³-hybridized carbons (Fsp3) is 0.0208. The van der Waals surface area contributed by atoms with Crippen LogP contribution in [0.1, 0.15) is 44.5 Å². The quantitative estimate of drug-likeness (QED) is 0.164. The molecule has 19 aromatic rings. The van der Waals surface area contributed by atoms with Gasteiger partial charge in [-0.2, -0.15) is 0 Å². The van der Waals surface area contributed by atoms with Crippen LogP contribution in [0.5, 0.6) is 0 Å². The van der Waals surface area contributed by atoms with E-state index >= 15 is 0 Å². The summed E-state index contributed by atoms with van der Waals surface area (Å²) in [5.74, 6) is 0. The third-order valence-electron chi connectivity index (χ3n) is 23.1. The lowest BCUT2D eigenvalue weighted by Crippen LogP contribution is -2.25. The first kappa shape index (κ1) is 52.7. The Labute approximate surface area is 564 Å².